The number of anilines is 1. The van der Waals surface area contributed by atoms with Crippen LogP contribution in [0, 0.1) is 0 Å². The molecule has 0 spiro atoms. The molecule has 0 saturated carbocycles. The van der Waals surface area contributed by atoms with Crippen LogP contribution in [0.5, 0.6) is 0 Å². The standard InChI is InChI=1S/C18H25N3O2/c1-5-16-15(11-23-19-16)18(12-20(2)3)14(10-22)13-8-6-7-9-17(13)21(18)4/h6-9,11,14,22H,5,10,12H2,1-4H3. The first-order valence-electron chi connectivity index (χ1n) is 8.08. The Bertz CT molecular complexity index is 682. The number of aliphatic hydroxyl groups is 1. The van der Waals surface area contributed by atoms with Gasteiger partial charge in [0.05, 0.1) is 17.8 Å². The lowest BCUT2D eigenvalue weighted by atomic mass is 9.76. The van der Waals surface area contributed by atoms with Crippen LogP contribution in [0.15, 0.2) is 35.1 Å². The van der Waals surface area contributed by atoms with Crippen molar-refractivity contribution in [3.63, 3.8) is 0 Å². The fraction of sp³-hybridized carbons (Fsp3) is 0.500. The molecule has 1 aromatic heterocycles. The molecule has 1 aliphatic rings. The maximum Gasteiger partial charge on any atom is 0.129 e. The van der Waals surface area contributed by atoms with E-state index < -0.39 is 0 Å². The number of para-hydroxylation sites is 1. The minimum absolute atomic E-state index is 0.0178. The minimum atomic E-state index is -0.382. The second-order valence-corrected chi connectivity index (χ2v) is 6.54. The average Bonchev–Trinajstić information content (AvgIpc) is 3.10. The topological polar surface area (TPSA) is 52.7 Å². The van der Waals surface area contributed by atoms with Gasteiger partial charge >= 0.3 is 0 Å². The van der Waals surface area contributed by atoms with E-state index in [4.69, 9.17) is 4.52 Å². The summed E-state index contributed by atoms with van der Waals surface area (Å²) >= 11 is 0. The van der Waals surface area contributed by atoms with Crippen LogP contribution in [0.1, 0.15) is 29.7 Å². The molecule has 5 nitrogen and oxygen atoms in total. The molecule has 124 valence electrons. The molecule has 2 heterocycles. The Labute approximate surface area is 137 Å². The Morgan fingerprint density at radius 1 is 1.35 bits per heavy atom. The Morgan fingerprint density at radius 3 is 2.74 bits per heavy atom. The largest absolute Gasteiger partial charge is 0.396 e. The predicted octanol–water partition coefficient (Wildman–Crippen LogP) is 2.22. The average molecular weight is 315 g/mol. The Kier molecular flexibility index (Phi) is 4.17. The van der Waals surface area contributed by atoms with E-state index in [0.717, 1.165) is 29.9 Å². The third kappa shape index (κ3) is 2.26. The van der Waals surface area contributed by atoms with Gasteiger partial charge in [-0.05, 0) is 32.1 Å². The van der Waals surface area contributed by atoms with Crippen molar-refractivity contribution in [2.45, 2.75) is 24.8 Å². The zero-order chi connectivity index (χ0) is 16.6. The highest BCUT2D eigenvalue weighted by Crippen LogP contribution is 2.53. The van der Waals surface area contributed by atoms with Crippen LogP contribution < -0.4 is 4.90 Å². The van der Waals surface area contributed by atoms with Gasteiger partial charge in [-0.25, -0.2) is 0 Å². The second kappa shape index (κ2) is 5.98. The van der Waals surface area contributed by atoms with Gasteiger partial charge in [-0.3, -0.25) is 0 Å². The maximum absolute atomic E-state index is 10.2. The van der Waals surface area contributed by atoms with Crippen LogP contribution in [-0.4, -0.2) is 49.5 Å². The Hall–Kier alpha value is -1.85. The van der Waals surface area contributed by atoms with Crippen molar-refractivity contribution in [2.75, 3.05) is 39.2 Å². The number of rotatable bonds is 5. The number of hydrogen-bond acceptors (Lipinski definition) is 5. The number of likely N-dealkylation sites (N-methyl/N-ethyl adjacent to an activating group) is 2. The monoisotopic (exact) mass is 315 g/mol. The number of fused-ring (bicyclic) bond motifs is 1. The molecule has 2 aromatic rings. The van der Waals surface area contributed by atoms with Crippen LogP contribution in [0.3, 0.4) is 0 Å². The molecule has 2 atom stereocenters. The molecule has 3 rings (SSSR count). The SMILES string of the molecule is CCc1nocc1C1(CN(C)C)C(CO)c2ccccc2N1C. The van der Waals surface area contributed by atoms with Gasteiger partial charge in [-0.1, -0.05) is 30.3 Å². The third-order valence-corrected chi connectivity index (χ3v) is 5.03. The smallest absolute Gasteiger partial charge is 0.129 e. The van der Waals surface area contributed by atoms with Crippen molar-refractivity contribution in [3.8, 4) is 0 Å². The molecule has 0 radical (unpaired) electrons. The summed E-state index contributed by atoms with van der Waals surface area (Å²) in [5.74, 6) is -0.0178. The van der Waals surface area contributed by atoms with Gasteiger partial charge in [0.1, 0.15) is 6.26 Å². The zero-order valence-corrected chi connectivity index (χ0v) is 14.3. The van der Waals surface area contributed by atoms with Crippen molar-refractivity contribution < 1.29 is 9.63 Å². The number of aromatic nitrogens is 1. The molecule has 0 fully saturated rings. The number of nitrogens with zero attached hydrogens (tertiary/aromatic N) is 3. The first-order valence-corrected chi connectivity index (χ1v) is 8.08. The number of hydrogen-bond donors (Lipinski definition) is 1. The fourth-order valence-corrected chi connectivity index (χ4v) is 4.06. The fourth-order valence-electron chi connectivity index (χ4n) is 4.06. The molecular formula is C18H25N3O2. The molecule has 1 aliphatic heterocycles. The minimum Gasteiger partial charge on any atom is -0.396 e. The van der Waals surface area contributed by atoms with E-state index in [0.29, 0.717) is 0 Å². The van der Waals surface area contributed by atoms with E-state index in [1.54, 1.807) is 6.26 Å². The van der Waals surface area contributed by atoms with Crippen molar-refractivity contribution in [1.29, 1.82) is 0 Å². The molecule has 23 heavy (non-hydrogen) atoms. The summed E-state index contributed by atoms with van der Waals surface area (Å²) in [5.41, 5.74) is 4.00. The molecule has 0 bridgehead atoms. The van der Waals surface area contributed by atoms with E-state index in [9.17, 15) is 5.11 Å². The van der Waals surface area contributed by atoms with Gasteiger partial charge in [-0.15, -0.1) is 0 Å². The third-order valence-electron chi connectivity index (χ3n) is 5.03. The molecule has 0 aliphatic carbocycles. The van der Waals surface area contributed by atoms with Crippen LogP contribution in [0.25, 0.3) is 0 Å². The van der Waals surface area contributed by atoms with Crippen LogP contribution in [0.4, 0.5) is 5.69 Å². The zero-order valence-electron chi connectivity index (χ0n) is 14.3. The molecule has 0 amide bonds. The first kappa shape index (κ1) is 16.0. The summed E-state index contributed by atoms with van der Waals surface area (Å²) < 4.78 is 5.32. The molecule has 0 saturated heterocycles. The Balaban J connectivity index is 2.24. The van der Waals surface area contributed by atoms with Crippen molar-refractivity contribution in [1.82, 2.24) is 10.1 Å². The quantitative estimate of drug-likeness (QED) is 0.917. The van der Waals surface area contributed by atoms with Gasteiger partial charge in [0, 0.05) is 30.8 Å². The van der Waals surface area contributed by atoms with E-state index in [-0.39, 0.29) is 18.1 Å². The van der Waals surface area contributed by atoms with Crippen molar-refractivity contribution in [3.05, 3.63) is 47.3 Å². The van der Waals surface area contributed by atoms with Gasteiger partial charge < -0.3 is 19.4 Å². The van der Waals surface area contributed by atoms with Crippen LogP contribution in [0.2, 0.25) is 0 Å². The molecule has 5 heteroatoms. The summed E-state index contributed by atoms with van der Waals surface area (Å²) in [6.45, 7) is 2.95. The van der Waals surface area contributed by atoms with Gasteiger partial charge in [0.25, 0.3) is 0 Å². The maximum atomic E-state index is 10.2. The van der Waals surface area contributed by atoms with Gasteiger partial charge in [0.2, 0.25) is 0 Å². The van der Waals surface area contributed by atoms with E-state index in [1.165, 1.54) is 5.56 Å². The van der Waals surface area contributed by atoms with Crippen LogP contribution >= 0.6 is 0 Å². The molecule has 1 aromatic carbocycles. The molecular weight excluding hydrogens is 290 g/mol. The van der Waals surface area contributed by atoms with Crippen molar-refractivity contribution >= 4 is 5.69 Å². The van der Waals surface area contributed by atoms with Gasteiger partial charge in [-0.2, -0.15) is 0 Å². The second-order valence-electron chi connectivity index (χ2n) is 6.54. The summed E-state index contributed by atoms with van der Waals surface area (Å²) in [4.78, 5) is 4.45. The lowest BCUT2D eigenvalue weighted by Gasteiger charge is -2.43. The summed E-state index contributed by atoms with van der Waals surface area (Å²) in [6.07, 6.45) is 2.57. The number of benzene rings is 1. The highest BCUT2D eigenvalue weighted by atomic mass is 16.5. The normalized spacial score (nSPS) is 23.6. The van der Waals surface area contributed by atoms with Crippen LogP contribution in [-0.2, 0) is 12.0 Å². The lowest BCUT2D eigenvalue weighted by molar-refractivity contribution is 0.177. The predicted molar refractivity (Wildman–Crippen MR) is 90.8 cm³/mol. The van der Waals surface area contributed by atoms with E-state index in [1.807, 2.05) is 12.1 Å². The van der Waals surface area contributed by atoms with E-state index in [2.05, 4.69) is 55.2 Å². The molecule has 1 N–H and O–H groups in total. The molecule has 2 unspecified atom stereocenters. The van der Waals surface area contributed by atoms with E-state index >= 15 is 0 Å². The summed E-state index contributed by atoms with van der Waals surface area (Å²) in [5, 5.41) is 14.4. The summed E-state index contributed by atoms with van der Waals surface area (Å²) in [6, 6.07) is 8.32. The van der Waals surface area contributed by atoms with Gasteiger partial charge in [0.15, 0.2) is 0 Å². The first-order chi connectivity index (χ1) is 11.1. The highest BCUT2D eigenvalue weighted by molar-refractivity contribution is 5.66. The Morgan fingerprint density at radius 2 is 2.09 bits per heavy atom. The highest BCUT2D eigenvalue weighted by Gasteiger charge is 2.52. The number of aliphatic hydroxyl groups excluding tert-OH is 1. The number of aryl methyl sites for hydroxylation is 1. The summed E-state index contributed by atoms with van der Waals surface area (Å²) in [7, 11) is 6.22. The lowest BCUT2D eigenvalue weighted by Crippen LogP contribution is -2.52. The van der Waals surface area contributed by atoms with Crippen molar-refractivity contribution in [2.24, 2.45) is 0 Å².